The van der Waals surface area contributed by atoms with Gasteiger partial charge in [-0.2, -0.15) is 5.10 Å². The molecule has 0 aliphatic carbocycles. The molecule has 5 nitrogen and oxygen atoms in total. The number of nitrogens with one attached hydrogen (secondary N) is 1. The molecule has 3 heterocycles. The minimum Gasteiger partial charge on any atom is -0.460 e. The topological polar surface area (TPSA) is 65.3 Å². The third kappa shape index (κ3) is 2.64. The summed E-state index contributed by atoms with van der Waals surface area (Å²) in [6, 6.07) is 3.92. The highest BCUT2D eigenvalue weighted by Gasteiger charge is 2.26. The Kier molecular flexibility index (Phi) is 3.63. The molecule has 108 valence electrons. The molecule has 2 N–H and O–H groups in total. The maximum Gasteiger partial charge on any atom is 0.152 e. The lowest BCUT2D eigenvalue weighted by molar-refractivity contribution is 0.127. The number of hydrogen-bond donors (Lipinski definition) is 2. The summed E-state index contributed by atoms with van der Waals surface area (Å²) in [6.07, 6.45) is 2.70. The molecule has 0 aromatic carbocycles. The van der Waals surface area contributed by atoms with E-state index in [9.17, 15) is 5.11 Å². The van der Waals surface area contributed by atoms with Gasteiger partial charge in [-0.1, -0.05) is 0 Å². The van der Waals surface area contributed by atoms with Gasteiger partial charge >= 0.3 is 0 Å². The zero-order valence-electron chi connectivity index (χ0n) is 12.0. The molecule has 0 bridgehead atoms. The molecule has 1 aliphatic rings. The zero-order valence-corrected chi connectivity index (χ0v) is 12.0. The van der Waals surface area contributed by atoms with Gasteiger partial charge < -0.3 is 9.52 Å². The monoisotopic (exact) mass is 275 g/mol. The number of H-pyrrole nitrogens is 1. The fourth-order valence-corrected chi connectivity index (χ4v) is 2.85. The molecule has 2 unspecified atom stereocenters. The fraction of sp³-hybridized carbons (Fsp3) is 0.533. The molecule has 20 heavy (non-hydrogen) atoms. The van der Waals surface area contributed by atoms with Gasteiger partial charge in [0.05, 0.1) is 12.3 Å². The SMILES string of the molecule is Cc1ccc(-c2[nH]ncc2CN2CCC(C(C)O)C2)o1. The average Bonchev–Trinajstić information content (AvgIpc) is 3.09. The van der Waals surface area contributed by atoms with Crippen LogP contribution in [0.25, 0.3) is 11.5 Å². The zero-order chi connectivity index (χ0) is 14.1. The van der Waals surface area contributed by atoms with Crippen molar-refractivity contribution in [3.05, 3.63) is 29.7 Å². The van der Waals surface area contributed by atoms with Gasteiger partial charge in [-0.05, 0) is 44.9 Å². The normalized spacial score (nSPS) is 21.4. The number of likely N-dealkylation sites (tertiary alicyclic amines) is 1. The lowest BCUT2D eigenvalue weighted by atomic mass is 10.0. The number of aromatic amines is 1. The van der Waals surface area contributed by atoms with Crippen molar-refractivity contribution in [1.82, 2.24) is 15.1 Å². The molecule has 0 saturated carbocycles. The molecule has 0 amide bonds. The van der Waals surface area contributed by atoms with Crippen LogP contribution >= 0.6 is 0 Å². The van der Waals surface area contributed by atoms with E-state index >= 15 is 0 Å². The van der Waals surface area contributed by atoms with Crippen LogP contribution in [0.1, 0.15) is 24.7 Å². The van der Waals surface area contributed by atoms with Gasteiger partial charge in [-0.25, -0.2) is 0 Å². The third-order valence-corrected chi connectivity index (χ3v) is 4.09. The lowest BCUT2D eigenvalue weighted by Gasteiger charge is -2.17. The Labute approximate surface area is 118 Å². The van der Waals surface area contributed by atoms with Crippen molar-refractivity contribution in [2.75, 3.05) is 13.1 Å². The highest BCUT2D eigenvalue weighted by atomic mass is 16.3. The van der Waals surface area contributed by atoms with E-state index in [4.69, 9.17) is 4.42 Å². The number of aryl methyl sites for hydroxylation is 1. The standard InChI is InChI=1S/C15H21N3O2/c1-10-3-4-14(20-10)15-13(7-16-17-15)9-18-6-5-12(8-18)11(2)19/h3-4,7,11-12,19H,5-6,8-9H2,1-2H3,(H,16,17). The number of aliphatic hydroxyl groups excluding tert-OH is 1. The summed E-state index contributed by atoms with van der Waals surface area (Å²) >= 11 is 0. The van der Waals surface area contributed by atoms with E-state index in [0.29, 0.717) is 5.92 Å². The highest BCUT2D eigenvalue weighted by Crippen LogP contribution is 2.27. The Balaban J connectivity index is 1.72. The van der Waals surface area contributed by atoms with E-state index in [-0.39, 0.29) is 6.10 Å². The van der Waals surface area contributed by atoms with Crippen LogP contribution in [0.2, 0.25) is 0 Å². The van der Waals surface area contributed by atoms with E-state index < -0.39 is 0 Å². The average molecular weight is 275 g/mol. The van der Waals surface area contributed by atoms with Crippen molar-refractivity contribution in [3.8, 4) is 11.5 Å². The second-order valence-electron chi connectivity index (χ2n) is 5.71. The molecule has 2 aromatic heterocycles. The van der Waals surface area contributed by atoms with Crippen molar-refractivity contribution >= 4 is 0 Å². The Hall–Kier alpha value is -1.59. The van der Waals surface area contributed by atoms with E-state index in [0.717, 1.165) is 48.8 Å². The number of aliphatic hydroxyl groups is 1. The summed E-state index contributed by atoms with van der Waals surface area (Å²) in [6.45, 7) is 6.63. The molecule has 2 atom stereocenters. The van der Waals surface area contributed by atoms with Gasteiger partial charge in [0, 0.05) is 18.7 Å². The predicted molar refractivity (Wildman–Crippen MR) is 76.1 cm³/mol. The van der Waals surface area contributed by atoms with E-state index in [1.807, 2.05) is 32.2 Å². The first kappa shape index (κ1) is 13.4. The van der Waals surface area contributed by atoms with E-state index in [1.54, 1.807) is 0 Å². The second-order valence-corrected chi connectivity index (χ2v) is 5.71. The van der Waals surface area contributed by atoms with Crippen LogP contribution < -0.4 is 0 Å². The molecule has 2 aromatic rings. The van der Waals surface area contributed by atoms with Crippen LogP contribution in [-0.4, -0.2) is 39.4 Å². The molecule has 5 heteroatoms. The number of aromatic nitrogens is 2. The Morgan fingerprint density at radius 3 is 3.05 bits per heavy atom. The lowest BCUT2D eigenvalue weighted by Crippen LogP contribution is -2.24. The number of nitrogens with zero attached hydrogens (tertiary/aromatic N) is 2. The Bertz CT molecular complexity index is 573. The van der Waals surface area contributed by atoms with Gasteiger partial charge in [-0.3, -0.25) is 10.00 Å². The minimum absolute atomic E-state index is 0.225. The highest BCUT2D eigenvalue weighted by molar-refractivity contribution is 5.56. The second kappa shape index (κ2) is 5.42. The molecular formula is C15H21N3O2. The van der Waals surface area contributed by atoms with Crippen LogP contribution in [0.15, 0.2) is 22.7 Å². The quantitative estimate of drug-likeness (QED) is 0.897. The predicted octanol–water partition coefficient (Wildman–Crippen LogP) is 2.18. The number of furan rings is 1. The maximum atomic E-state index is 9.67. The fourth-order valence-electron chi connectivity index (χ4n) is 2.85. The summed E-state index contributed by atoms with van der Waals surface area (Å²) in [5, 5.41) is 16.8. The first-order valence-electron chi connectivity index (χ1n) is 7.13. The minimum atomic E-state index is -0.225. The molecule has 3 rings (SSSR count). The van der Waals surface area contributed by atoms with Crippen LogP contribution in [0.4, 0.5) is 0 Å². The van der Waals surface area contributed by atoms with E-state index in [2.05, 4.69) is 15.1 Å². The van der Waals surface area contributed by atoms with E-state index in [1.165, 1.54) is 0 Å². The molecule has 0 radical (unpaired) electrons. The maximum absolute atomic E-state index is 9.67. The van der Waals surface area contributed by atoms with Crippen molar-refractivity contribution < 1.29 is 9.52 Å². The molecule has 1 saturated heterocycles. The number of hydrogen-bond acceptors (Lipinski definition) is 4. The van der Waals surface area contributed by atoms with Gasteiger partial charge in [0.1, 0.15) is 11.5 Å². The van der Waals surface area contributed by atoms with Gasteiger partial charge in [0.2, 0.25) is 0 Å². The van der Waals surface area contributed by atoms with Gasteiger partial charge in [0.25, 0.3) is 0 Å². The first-order valence-corrected chi connectivity index (χ1v) is 7.13. The largest absolute Gasteiger partial charge is 0.460 e. The van der Waals surface area contributed by atoms with Gasteiger partial charge in [0.15, 0.2) is 5.76 Å². The van der Waals surface area contributed by atoms with Crippen LogP contribution in [0.5, 0.6) is 0 Å². The summed E-state index contributed by atoms with van der Waals surface area (Å²) in [5.41, 5.74) is 2.10. The van der Waals surface area contributed by atoms with Gasteiger partial charge in [-0.15, -0.1) is 0 Å². The summed E-state index contributed by atoms with van der Waals surface area (Å²) in [4.78, 5) is 2.36. The van der Waals surface area contributed by atoms with Crippen LogP contribution in [-0.2, 0) is 6.54 Å². The van der Waals surface area contributed by atoms with Crippen molar-refractivity contribution in [1.29, 1.82) is 0 Å². The molecule has 1 fully saturated rings. The Morgan fingerprint density at radius 1 is 1.55 bits per heavy atom. The smallest absolute Gasteiger partial charge is 0.152 e. The molecule has 1 aliphatic heterocycles. The summed E-state index contributed by atoms with van der Waals surface area (Å²) in [5.74, 6) is 2.12. The Morgan fingerprint density at radius 2 is 2.40 bits per heavy atom. The van der Waals surface area contributed by atoms with Crippen molar-refractivity contribution in [2.45, 2.75) is 32.9 Å². The molecule has 0 spiro atoms. The first-order chi connectivity index (χ1) is 9.63. The van der Waals surface area contributed by atoms with Crippen LogP contribution in [0, 0.1) is 12.8 Å². The van der Waals surface area contributed by atoms with Crippen molar-refractivity contribution in [3.63, 3.8) is 0 Å². The summed E-state index contributed by atoms with van der Waals surface area (Å²) in [7, 11) is 0. The van der Waals surface area contributed by atoms with Crippen LogP contribution in [0.3, 0.4) is 0 Å². The summed E-state index contributed by atoms with van der Waals surface area (Å²) < 4.78 is 5.66. The third-order valence-electron chi connectivity index (χ3n) is 4.09. The molecular weight excluding hydrogens is 254 g/mol. The number of rotatable bonds is 4. The van der Waals surface area contributed by atoms with Crippen molar-refractivity contribution in [2.24, 2.45) is 5.92 Å².